The largest absolute Gasteiger partial charge is 0.307 e. The summed E-state index contributed by atoms with van der Waals surface area (Å²) in [7, 11) is 0. The average molecular weight is 377 g/mol. The molecule has 0 aliphatic heterocycles. The zero-order valence-electron chi connectivity index (χ0n) is 11.5. The van der Waals surface area contributed by atoms with Crippen LogP contribution < -0.4 is 5.32 Å². The van der Waals surface area contributed by atoms with Crippen LogP contribution in [-0.4, -0.2) is 6.04 Å². The van der Waals surface area contributed by atoms with Gasteiger partial charge in [0.05, 0.1) is 2.88 Å². The molecular weight excluding hydrogens is 353 g/mol. The van der Waals surface area contributed by atoms with Crippen molar-refractivity contribution in [2.45, 2.75) is 70.9 Å². The normalized spacial score (nSPS) is 20.7. The lowest BCUT2D eigenvalue weighted by Crippen LogP contribution is -2.32. The molecule has 1 aromatic heterocycles. The third kappa shape index (κ3) is 3.94. The number of thiophene rings is 1. The van der Waals surface area contributed by atoms with Crippen LogP contribution in [0.1, 0.15) is 68.9 Å². The molecular formula is C15H24INS. The highest BCUT2D eigenvalue weighted by Crippen LogP contribution is 2.36. The van der Waals surface area contributed by atoms with Crippen LogP contribution in [0.2, 0.25) is 0 Å². The number of rotatable bonds is 6. The Morgan fingerprint density at radius 2 is 2.33 bits per heavy atom. The van der Waals surface area contributed by atoms with Crippen LogP contribution in [-0.2, 0) is 6.42 Å². The van der Waals surface area contributed by atoms with Crippen molar-refractivity contribution in [2.24, 2.45) is 0 Å². The van der Waals surface area contributed by atoms with E-state index < -0.39 is 0 Å². The summed E-state index contributed by atoms with van der Waals surface area (Å²) in [6.45, 7) is 4.63. The molecule has 0 saturated heterocycles. The van der Waals surface area contributed by atoms with Gasteiger partial charge in [-0.3, -0.25) is 0 Å². The Morgan fingerprint density at radius 1 is 1.50 bits per heavy atom. The summed E-state index contributed by atoms with van der Waals surface area (Å²) in [5.41, 5.74) is 1.60. The van der Waals surface area contributed by atoms with Crippen LogP contribution in [0.5, 0.6) is 0 Å². The van der Waals surface area contributed by atoms with Crippen LogP contribution in [0.15, 0.2) is 6.07 Å². The summed E-state index contributed by atoms with van der Waals surface area (Å²) in [5, 5.41) is 3.85. The van der Waals surface area contributed by atoms with Gasteiger partial charge in [0.25, 0.3) is 0 Å². The second kappa shape index (κ2) is 7.25. The van der Waals surface area contributed by atoms with Gasteiger partial charge in [-0.15, -0.1) is 11.3 Å². The zero-order chi connectivity index (χ0) is 13.0. The van der Waals surface area contributed by atoms with Gasteiger partial charge in [0.1, 0.15) is 0 Å². The summed E-state index contributed by atoms with van der Waals surface area (Å²) in [5.74, 6) is 0. The molecule has 1 nitrogen and oxygen atoms in total. The summed E-state index contributed by atoms with van der Waals surface area (Å²) in [6, 6.07) is 3.67. The van der Waals surface area contributed by atoms with Gasteiger partial charge < -0.3 is 5.32 Å². The molecule has 1 N–H and O–H groups in total. The van der Waals surface area contributed by atoms with E-state index in [1.54, 1.807) is 10.4 Å². The minimum atomic E-state index is 0.616. The Morgan fingerprint density at radius 3 is 3.11 bits per heavy atom. The molecule has 0 saturated carbocycles. The fraction of sp³-hybridized carbons (Fsp3) is 0.733. The fourth-order valence-electron chi connectivity index (χ4n) is 2.82. The van der Waals surface area contributed by atoms with Crippen molar-refractivity contribution in [3.05, 3.63) is 19.4 Å². The molecule has 0 amide bonds. The Hall–Kier alpha value is 0.390. The van der Waals surface area contributed by atoms with Crippen LogP contribution >= 0.6 is 33.9 Å². The van der Waals surface area contributed by atoms with Crippen molar-refractivity contribution < 1.29 is 0 Å². The summed E-state index contributed by atoms with van der Waals surface area (Å²) >= 11 is 4.45. The molecule has 0 aromatic carbocycles. The topological polar surface area (TPSA) is 12.0 Å². The molecule has 3 heteroatoms. The van der Waals surface area contributed by atoms with Crippen molar-refractivity contribution in [1.29, 1.82) is 0 Å². The van der Waals surface area contributed by atoms with E-state index in [0.717, 1.165) is 0 Å². The molecule has 0 bridgehead atoms. The number of aryl methyl sites for hydroxylation is 1. The first-order valence-electron chi connectivity index (χ1n) is 7.25. The van der Waals surface area contributed by atoms with Crippen molar-refractivity contribution in [1.82, 2.24) is 5.32 Å². The maximum atomic E-state index is 3.85. The number of unbranched alkanes of at least 4 members (excludes halogenated alkanes) is 2. The van der Waals surface area contributed by atoms with Crippen LogP contribution in [0.4, 0.5) is 0 Å². The summed E-state index contributed by atoms with van der Waals surface area (Å²) in [4.78, 5) is 1.63. The van der Waals surface area contributed by atoms with Crippen LogP contribution in [0, 0.1) is 2.88 Å². The third-order valence-corrected chi connectivity index (χ3v) is 5.78. The molecule has 102 valence electrons. The highest BCUT2D eigenvalue weighted by atomic mass is 127. The Bertz CT molecular complexity index is 375. The summed E-state index contributed by atoms with van der Waals surface area (Å²) in [6.07, 6.45) is 9.35. The monoisotopic (exact) mass is 377 g/mol. The smallest absolute Gasteiger partial charge is 0.0659 e. The molecule has 1 heterocycles. The van der Waals surface area contributed by atoms with Gasteiger partial charge in [-0.1, -0.05) is 26.2 Å². The lowest BCUT2D eigenvalue weighted by molar-refractivity contribution is 0.389. The van der Waals surface area contributed by atoms with Gasteiger partial charge in [-0.2, -0.15) is 0 Å². The molecule has 0 fully saturated rings. The molecule has 1 aliphatic rings. The first-order valence-corrected chi connectivity index (χ1v) is 9.14. The first kappa shape index (κ1) is 14.8. The fourth-order valence-corrected chi connectivity index (χ4v) is 4.94. The maximum Gasteiger partial charge on any atom is 0.0659 e. The number of halogens is 1. The molecule has 0 spiro atoms. The maximum absolute atomic E-state index is 3.85. The molecule has 18 heavy (non-hydrogen) atoms. The third-order valence-electron chi connectivity index (χ3n) is 3.81. The number of hydrogen-bond donors (Lipinski definition) is 1. The highest BCUT2D eigenvalue weighted by Gasteiger charge is 2.23. The van der Waals surface area contributed by atoms with E-state index in [2.05, 4.69) is 47.8 Å². The van der Waals surface area contributed by atoms with Crippen molar-refractivity contribution >= 4 is 33.9 Å². The minimum absolute atomic E-state index is 0.616. The lowest BCUT2D eigenvalue weighted by Gasteiger charge is -2.27. The number of hydrogen-bond acceptors (Lipinski definition) is 2. The Labute approximate surface area is 129 Å². The molecule has 2 unspecified atom stereocenters. The number of nitrogens with one attached hydrogen (secondary N) is 1. The van der Waals surface area contributed by atoms with Crippen molar-refractivity contribution in [2.75, 3.05) is 0 Å². The van der Waals surface area contributed by atoms with Gasteiger partial charge in [-0.05, 0) is 66.8 Å². The molecule has 1 aromatic rings. The van der Waals surface area contributed by atoms with Crippen LogP contribution in [0.25, 0.3) is 0 Å². The zero-order valence-corrected chi connectivity index (χ0v) is 14.4. The van der Waals surface area contributed by atoms with E-state index in [9.17, 15) is 0 Å². The van der Waals surface area contributed by atoms with E-state index in [1.165, 1.54) is 47.8 Å². The lowest BCUT2D eigenvalue weighted by atomic mass is 9.93. The minimum Gasteiger partial charge on any atom is -0.307 e. The molecule has 1 aliphatic carbocycles. The predicted octanol–water partition coefficient (Wildman–Crippen LogP) is 5.29. The Kier molecular flexibility index (Phi) is 5.96. The molecule has 2 atom stereocenters. The van der Waals surface area contributed by atoms with Gasteiger partial charge in [0.2, 0.25) is 0 Å². The average Bonchev–Trinajstić information content (AvgIpc) is 2.71. The standard InChI is InChI=1S/C15H24INS/c1-3-4-5-7-11(2)17-13-8-6-9-14-12(13)10-15(16)18-14/h10-11,13,17H,3-9H2,1-2H3. The van der Waals surface area contributed by atoms with E-state index in [1.807, 2.05) is 11.3 Å². The van der Waals surface area contributed by atoms with Gasteiger partial charge in [-0.25, -0.2) is 0 Å². The van der Waals surface area contributed by atoms with Crippen molar-refractivity contribution in [3.8, 4) is 0 Å². The van der Waals surface area contributed by atoms with E-state index in [0.29, 0.717) is 12.1 Å². The first-order chi connectivity index (χ1) is 8.70. The van der Waals surface area contributed by atoms with E-state index in [4.69, 9.17) is 0 Å². The molecule has 0 radical (unpaired) electrons. The van der Waals surface area contributed by atoms with Gasteiger partial charge in [0, 0.05) is 17.0 Å². The van der Waals surface area contributed by atoms with Crippen LogP contribution in [0.3, 0.4) is 0 Å². The highest BCUT2D eigenvalue weighted by molar-refractivity contribution is 14.1. The predicted molar refractivity (Wildman–Crippen MR) is 89.5 cm³/mol. The molecule has 2 rings (SSSR count). The second-order valence-corrected chi connectivity index (χ2v) is 8.47. The number of fused-ring (bicyclic) bond motifs is 1. The Balaban J connectivity index is 1.90. The van der Waals surface area contributed by atoms with Gasteiger partial charge in [0.15, 0.2) is 0 Å². The second-order valence-electron chi connectivity index (χ2n) is 5.44. The quantitative estimate of drug-likeness (QED) is 0.525. The van der Waals surface area contributed by atoms with E-state index in [-0.39, 0.29) is 0 Å². The SMILES string of the molecule is CCCCCC(C)NC1CCCc2sc(I)cc21. The summed E-state index contributed by atoms with van der Waals surface area (Å²) < 4.78 is 1.45. The van der Waals surface area contributed by atoms with E-state index >= 15 is 0 Å². The van der Waals surface area contributed by atoms with Gasteiger partial charge >= 0.3 is 0 Å². The van der Waals surface area contributed by atoms with Crippen molar-refractivity contribution in [3.63, 3.8) is 0 Å².